The fourth-order valence-electron chi connectivity index (χ4n) is 2.09. The number of hydrogen-bond donors (Lipinski definition) is 1. The van der Waals surface area contributed by atoms with Gasteiger partial charge in [0.15, 0.2) is 0 Å². The number of likely N-dealkylation sites (tertiary alicyclic amines) is 1. The van der Waals surface area contributed by atoms with E-state index in [-0.39, 0.29) is 16.8 Å². The van der Waals surface area contributed by atoms with E-state index in [9.17, 15) is 13.6 Å². The molecule has 1 aliphatic heterocycles. The van der Waals surface area contributed by atoms with Crippen molar-refractivity contribution in [2.24, 2.45) is 5.92 Å². The molecule has 4 nitrogen and oxygen atoms in total. The number of carbonyl (C=O) groups excluding carboxylic acids is 1. The van der Waals surface area contributed by atoms with Crippen molar-refractivity contribution in [3.63, 3.8) is 0 Å². The Morgan fingerprint density at radius 1 is 1.55 bits per heavy atom. The fraction of sp³-hybridized carbons (Fsp3) is 0.462. The van der Waals surface area contributed by atoms with E-state index < -0.39 is 6.61 Å². The Morgan fingerprint density at radius 2 is 2.30 bits per heavy atom. The van der Waals surface area contributed by atoms with Crippen molar-refractivity contribution in [3.05, 3.63) is 23.2 Å². The summed E-state index contributed by atoms with van der Waals surface area (Å²) in [7, 11) is 0. The lowest BCUT2D eigenvalue weighted by Crippen LogP contribution is -2.32. The zero-order valence-electron chi connectivity index (χ0n) is 10.9. The van der Waals surface area contributed by atoms with Gasteiger partial charge in [0.25, 0.3) is 0 Å². The molecule has 0 aliphatic carbocycles. The van der Waals surface area contributed by atoms with E-state index in [0.29, 0.717) is 24.7 Å². The molecule has 1 unspecified atom stereocenters. The molecule has 110 valence electrons. The van der Waals surface area contributed by atoms with E-state index in [4.69, 9.17) is 11.6 Å². The van der Waals surface area contributed by atoms with Gasteiger partial charge in [-0.1, -0.05) is 18.5 Å². The van der Waals surface area contributed by atoms with Gasteiger partial charge in [-0.2, -0.15) is 8.78 Å². The van der Waals surface area contributed by atoms with Crippen molar-refractivity contribution in [2.75, 3.05) is 18.4 Å². The molecule has 1 heterocycles. The van der Waals surface area contributed by atoms with Gasteiger partial charge in [-0.3, -0.25) is 0 Å². The number of rotatable bonds is 3. The van der Waals surface area contributed by atoms with Crippen LogP contribution in [0.2, 0.25) is 5.02 Å². The van der Waals surface area contributed by atoms with Gasteiger partial charge in [0.2, 0.25) is 0 Å². The zero-order valence-corrected chi connectivity index (χ0v) is 11.7. The summed E-state index contributed by atoms with van der Waals surface area (Å²) in [6.07, 6.45) is 0.981. The first-order chi connectivity index (χ1) is 9.45. The van der Waals surface area contributed by atoms with E-state index in [2.05, 4.69) is 17.0 Å². The molecular formula is C13H15ClF2N2O2. The second-order valence-electron chi connectivity index (χ2n) is 4.79. The van der Waals surface area contributed by atoms with Crippen molar-refractivity contribution < 1.29 is 18.3 Å². The first-order valence-corrected chi connectivity index (χ1v) is 6.64. The molecule has 1 aromatic carbocycles. The minimum absolute atomic E-state index is 0.0258. The van der Waals surface area contributed by atoms with Gasteiger partial charge < -0.3 is 15.0 Å². The predicted octanol–water partition coefficient (Wildman–Crippen LogP) is 3.82. The quantitative estimate of drug-likeness (QED) is 0.922. The number of nitrogens with zero attached hydrogens (tertiary/aromatic N) is 1. The van der Waals surface area contributed by atoms with Crippen molar-refractivity contribution in [1.29, 1.82) is 0 Å². The van der Waals surface area contributed by atoms with Crippen LogP contribution < -0.4 is 10.1 Å². The third-order valence-electron chi connectivity index (χ3n) is 3.11. The van der Waals surface area contributed by atoms with Crippen LogP contribution in [0, 0.1) is 5.92 Å². The lowest BCUT2D eigenvalue weighted by Gasteiger charge is -2.17. The molecule has 2 rings (SSSR count). The van der Waals surface area contributed by atoms with Gasteiger partial charge in [0.05, 0.1) is 5.02 Å². The molecule has 0 radical (unpaired) electrons. The Labute approximate surface area is 120 Å². The van der Waals surface area contributed by atoms with Gasteiger partial charge in [-0.15, -0.1) is 0 Å². The number of nitrogens with one attached hydrogen (secondary N) is 1. The minimum Gasteiger partial charge on any atom is -0.433 e. The van der Waals surface area contributed by atoms with Crippen LogP contribution in [0.4, 0.5) is 19.3 Å². The zero-order chi connectivity index (χ0) is 14.7. The van der Waals surface area contributed by atoms with Crippen LogP contribution in [0.3, 0.4) is 0 Å². The van der Waals surface area contributed by atoms with Crippen LogP contribution in [0.25, 0.3) is 0 Å². The molecule has 1 saturated heterocycles. The van der Waals surface area contributed by atoms with Crippen molar-refractivity contribution >= 4 is 23.3 Å². The van der Waals surface area contributed by atoms with E-state index in [0.717, 1.165) is 6.42 Å². The average Bonchev–Trinajstić information content (AvgIpc) is 2.79. The lowest BCUT2D eigenvalue weighted by molar-refractivity contribution is -0.0497. The second-order valence-corrected chi connectivity index (χ2v) is 5.20. The number of amides is 2. The van der Waals surface area contributed by atoms with Gasteiger partial charge in [0, 0.05) is 18.8 Å². The number of hydrogen-bond acceptors (Lipinski definition) is 2. The Morgan fingerprint density at radius 3 is 2.85 bits per heavy atom. The molecule has 2 amide bonds. The van der Waals surface area contributed by atoms with Gasteiger partial charge in [0.1, 0.15) is 5.75 Å². The molecule has 7 heteroatoms. The van der Waals surface area contributed by atoms with Crippen LogP contribution in [0.5, 0.6) is 5.75 Å². The summed E-state index contributed by atoms with van der Waals surface area (Å²) >= 11 is 5.82. The third kappa shape index (κ3) is 3.72. The maximum atomic E-state index is 12.1. The molecule has 20 heavy (non-hydrogen) atoms. The summed E-state index contributed by atoms with van der Waals surface area (Å²) in [6, 6.07) is 3.95. The van der Waals surface area contributed by atoms with Crippen LogP contribution in [-0.2, 0) is 0 Å². The molecule has 0 bridgehead atoms. The van der Waals surface area contributed by atoms with Crippen LogP contribution in [0.1, 0.15) is 13.3 Å². The summed E-state index contributed by atoms with van der Waals surface area (Å²) in [4.78, 5) is 13.7. The molecule has 1 N–H and O–H groups in total. The van der Waals surface area contributed by atoms with E-state index >= 15 is 0 Å². The summed E-state index contributed by atoms with van der Waals surface area (Å²) < 4.78 is 28.4. The van der Waals surface area contributed by atoms with E-state index in [1.807, 2.05) is 0 Å². The highest BCUT2D eigenvalue weighted by Crippen LogP contribution is 2.29. The predicted molar refractivity (Wildman–Crippen MR) is 72.5 cm³/mol. The number of urea groups is 1. The maximum absolute atomic E-state index is 12.1. The Kier molecular flexibility index (Phi) is 4.65. The average molecular weight is 305 g/mol. The van der Waals surface area contributed by atoms with Crippen LogP contribution in [0.15, 0.2) is 18.2 Å². The number of carbonyl (C=O) groups is 1. The standard InChI is InChI=1S/C13H15ClF2N2O2/c1-8-4-5-18(7-8)13(19)17-9-2-3-11(10(14)6-9)20-12(15)16/h2-3,6,8,12H,4-5,7H2,1H3,(H,17,19). The number of alkyl halides is 2. The molecule has 1 fully saturated rings. The first-order valence-electron chi connectivity index (χ1n) is 6.26. The van der Waals surface area contributed by atoms with E-state index in [1.165, 1.54) is 18.2 Å². The summed E-state index contributed by atoms with van der Waals surface area (Å²) in [5, 5.41) is 2.71. The van der Waals surface area contributed by atoms with Crippen LogP contribution in [-0.4, -0.2) is 30.6 Å². The monoisotopic (exact) mass is 304 g/mol. The minimum atomic E-state index is -2.93. The number of halogens is 3. The maximum Gasteiger partial charge on any atom is 0.387 e. The highest BCUT2D eigenvalue weighted by molar-refractivity contribution is 6.32. The highest BCUT2D eigenvalue weighted by atomic mass is 35.5. The molecule has 1 atom stereocenters. The fourth-order valence-corrected chi connectivity index (χ4v) is 2.32. The molecule has 0 saturated carbocycles. The van der Waals surface area contributed by atoms with E-state index in [1.54, 1.807) is 4.90 Å². The molecule has 1 aliphatic rings. The molecule has 0 aromatic heterocycles. The summed E-state index contributed by atoms with van der Waals surface area (Å²) in [5.74, 6) is 0.376. The normalized spacial score (nSPS) is 18.4. The Balaban J connectivity index is 1.99. The smallest absolute Gasteiger partial charge is 0.387 e. The SMILES string of the molecule is CC1CCN(C(=O)Nc2ccc(OC(F)F)c(Cl)c2)C1. The van der Waals surface area contributed by atoms with Gasteiger partial charge in [-0.25, -0.2) is 4.79 Å². The van der Waals surface area contributed by atoms with Gasteiger partial charge >= 0.3 is 12.6 Å². The Hall–Kier alpha value is -1.56. The number of anilines is 1. The molecular weight excluding hydrogens is 290 g/mol. The second kappa shape index (κ2) is 6.26. The van der Waals surface area contributed by atoms with Gasteiger partial charge in [-0.05, 0) is 30.5 Å². The van der Waals surface area contributed by atoms with Crippen LogP contribution >= 0.6 is 11.6 Å². The number of ether oxygens (including phenoxy) is 1. The molecule has 0 spiro atoms. The summed E-state index contributed by atoms with van der Waals surface area (Å²) in [5.41, 5.74) is 0.446. The third-order valence-corrected chi connectivity index (χ3v) is 3.41. The van der Waals surface area contributed by atoms with Crippen molar-refractivity contribution in [2.45, 2.75) is 20.0 Å². The number of benzene rings is 1. The summed E-state index contributed by atoms with van der Waals surface area (Å²) in [6.45, 7) is 0.583. The van der Waals surface area contributed by atoms with Crippen molar-refractivity contribution in [3.8, 4) is 5.75 Å². The van der Waals surface area contributed by atoms with Crippen molar-refractivity contribution in [1.82, 2.24) is 4.90 Å². The Bertz CT molecular complexity index is 499. The topological polar surface area (TPSA) is 41.6 Å². The highest BCUT2D eigenvalue weighted by Gasteiger charge is 2.23. The lowest BCUT2D eigenvalue weighted by atomic mass is 10.2. The largest absolute Gasteiger partial charge is 0.433 e. The first kappa shape index (κ1) is 14.8. The molecule has 1 aromatic rings.